The van der Waals surface area contributed by atoms with Crippen molar-refractivity contribution in [2.24, 2.45) is 5.92 Å². The van der Waals surface area contributed by atoms with E-state index in [0.29, 0.717) is 0 Å². The molecule has 0 aliphatic carbocycles. The lowest BCUT2D eigenvalue weighted by atomic mass is 10.0. The van der Waals surface area contributed by atoms with E-state index in [1.165, 1.54) is 32.2 Å². The van der Waals surface area contributed by atoms with Crippen molar-refractivity contribution < 1.29 is 0 Å². The molecule has 0 aromatic carbocycles. The van der Waals surface area contributed by atoms with Gasteiger partial charge in [-0.3, -0.25) is 0 Å². The van der Waals surface area contributed by atoms with Crippen LogP contribution in [-0.2, 0) is 0 Å². The van der Waals surface area contributed by atoms with Crippen LogP contribution in [0, 0.1) is 5.92 Å². The van der Waals surface area contributed by atoms with E-state index in [1.807, 2.05) is 0 Å². The van der Waals surface area contributed by atoms with Gasteiger partial charge in [-0.25, -0.2) is 0 Å². The Morgan fingerprint density at radius 3 is 2.80 bits per heavy atom. The predicted molar refractivity (Wildman–Crippen MR) is 45.1 cm³/mol. The van der Waals surface area contributed by atoms with E-state index in [9.17, 15) is 0 Å². The summed E-state index contributed by atoms with van der Waals surface area (Å²) in [4.78, 5) is 0. The van der Waals surface area contributed by atoms with Crippen LogP contribution >= 0.6 is 0 Å². The summed E-state index contributed by atoms with van der Waals surface area (Å²) in [6.07, 6.45) is 5.57. The molecule has 0 aromatic heterocycles. The van der Waals surface area contributed by atoms with E-state index in [0.717, 1.165) is 12.0 Å². The summed E-state index contributed by atoms with van der Waals surface area (Å²) >= 11 is 0. The van der Waals surface area contributed by atoms with Crippen LogP contribution in [0.5, 0.6) is 0 Å². The summed E-state index contributed by atoms with van der Waals surface area (Å²) in [6.45, 7) is 5.85. The van der Waals surface area contributed by atoms with Gasteiger partial charge < -0.3 is 5.32 Å². The van der Waals surface area contributed by atoms with E-state index >= 15 is 0 Å². The summed E-state index contributed by atoms with van der Waals surface area (Å²) < 4.78 is 0. The lowest BCUT2D eigenvalue weighted by Gasteiger charge is -2.10. The topological polar surface area (TPSA) is 12.0 Å². The molecule has 1 heterocycles. The molecule has 1 heteroatoms. The fourth-order valence-corrected chi connectivity index (χ4v) is 1.54. The average Bonchev–Trinajstić information content (AvgIpc) is 2.34. The molecule has 1 fully saturated rings. The zero-order chi connectivity index (χ0) is 7.40. The van der Waals surface area contributed by atoms with Gasteiger partial charge in [0, 0.05) is 6.04 Å². The van der Waals surface area contributed by atoms with Gasteiger partial charge in [0.2, 0.25) is 0 Å². The first-order valence-electron chi connectivity index (χ1n) is 4.52. The van der Waals surface area contributed by atoms with Crippen LogP contribution in [0.4, 0.5) is 0 Å². The molecule has 0 spiro atoms. The molecule has 0 bridgehead atoms. The Balaban J connectivity index is 2.01. The van der Waals surface area contributed by atoms with Crippen molar-refractivity contribution in [2.75, 3.05) is 6.54 Å². The van der Waals surface area contributed by atoms with Gasteiger partial charge in [0.1, 0.15) is 0 Å². The highest BCUT2D eigenvalue weighted by Gasteiger charge is 2.13. The van der Waals surface area contributed by atoms with E-state index in [4.69, 9.17) is 0 Å². The number of rotatable bonds is 3. The molecule has 10 heavy (non-hydrogen) atoms. The monoisotopic (exact) mass is 141 g/mol. The quantitative estimate of drug-likeness (QED) is 0.635. The van der Waals surface area contributed by atoms with Crippen molar-refractivity contribution in [1.29, 1.82) is 0 Å². The molecule has 0 radical (unpaired) electrons. The lowest BCUT2D eigenvalue weighted by molar-refractivity contribution is 0.471. The van der Waals surface area contributed by atoms with Gasteiger partial charge in [0.15, 0.2) is 0 Å². The Labute approximate surface area is 64.2 Å². The Bertz CT molecular complexity index is 82.7. The Morgan fingerprint density at radius 2 is 2.30 bits per heavy atom. The molecule has 0 aromatic rings. The third kappa shape index (κ3) is 2.70. The minimum atomic E-state index is 0.849. The molecule has 1 atom stereocenters. The molecule has 0 unspecified atom stereocenters. The number of hydrogen-bond acceptors (Lipinski definition) is 1. The maximum absolute atomic E-state index is 3.51. The fraction of sp³-hybridized carbons (Fsp3) is 1.00. The van der Waals surface area contributed by atoms with Crippen molar-refractivity contribution in [1.82, 2.24) is 5.32 Å². The maximum atomic E-state index is 3.51. The number of nitrogens with one attached hydrogen (secondary N) is 1. The van der Waals surface area contributed by atoms with Gasteiger partial charge >= 0.3 is 0 Å². The van der Waals surface area contributed by atoms with Gasteiger partial charge in [0.25, 0.3) is 0 Å². The van der Waals surface area contributed by atoms with Crippen LogP contribution in [0.15, 0.2) is 0 Å². The van der Waals surface area contributed by atoms with Crippen molar-refractivity contribution in [3.8, 4) is 0 Å². The molecule has 1 rings (SSSR count). The van der Waals surface area contributed by atoms with Gasteiger partial charge in [-0.1, -0.05) is 13.8 Å². The first-order chi connectivity index (χ1) is 4.79. The highest BCUT2D eigenvalue weighted by Crippen LogP contribution is 2.13. The summed E-state index contributed by atoms with van der Waals surface area (Å²) in [5.41, 5.74) is 0. The first-order valence-corrected chi connectivity index (χ1v) is 4.52. The molecular formula is C9H19N. The molecular weight excluding hydrogens is 122 g/mol. The van der Waals surface area contributed by atoms with Crippen molar-refractivity contribution >= 4 is 0 Å². The van der Waals surface area contributed by atoms with Crippen LogP contribution in [0.2, 0.25) is 0 Å². The zero-order valence-corrected chi connectivity index (χ0v) is 7.19. The predicted octanol–water partition coefficient (Wildman–Crippen LogP) is 2.17. The third-order valence-electron chi connectivity index (χ3n) is 2.25. The Hall–Kier alpha value is -0.0400. The Kier molecular flexibility index (Phi) is 3.20. The largest absolute Gasteiger partial charge is 0.314 e. The second kappa shape index (κ2) is 3.97. The lowest BCUT2D eigenvalue weighted by Crippen LogP contribution is -2.21. The molecule has 1 N–H and O–H groups in total. The van der Waals surface area contributed by atoms with Crippen molar-refractivity contribution in [2.45, 2.75) is 45.6 Å². The smallest absolute Gasteiger partial charge is 0.00676 e. The molecule has 0 amide bonds. The SMILES string of the molecule is CC(C)CC[C@H]1CCCN1. The van der Waals surface area contributed by atoms with Crippen LogP contribution in [-0.4, -0.2) is 12.6 Å². The van der Waals surface area contributed by atoms with Gasteiger partial charge in [0.05, 0.1) is 0 Å². The molecule has 60 valence electrons. The summed E-state index contributed by atoms with van der Waals surface area (Å²) in [6, 6.07) is 0.849. The van der Waals surface area contributed by atoms with E-state index in [1.54, 1.807) is 0 Å². The van der Waals surface area contributed by atoms with Crippen molar-refractivity contribution in [3.05, 3.63) is 0 Å². The fourth-order valence-electron chi connectivity index (χ4n) is 1.54. The highest BCUT2D eigenvalue weighted by molar-refractivity contribution is 4.73. The second-order valence-corrected chi connectivity index (χ2v) is 3.76. The maximum Gasteiger partial charge on any atom is 0.00676 e. The standard InChI is InChI=1S/C9H19N/c1-8(2)5-6-9-4-3-7-10-9/h8-10H,3-7H2,1-2H3/t9-/m1/s1. The third-order valence-corrected chi connectivity index (χ3v) is 2.25. The molecule has 1 aliphatic rings. The van der Waals surface area contributed by atoms with Crippen LogP contribution in [0.25, 0.3) is 0 Å². The van der Waals surface area contributed by atoms with Crippen molar-refractivity contribution in [3.63, 3.8) is 0 Å². The second-order valence-electron chi connectivity index (χ2n) is 3.76. The van der Waals surface area contributed by atoms with Gasteiger partial charge in [-0.2, -0.15) is 0 Å². The van der Waals surface area contributed by atoms with E-state index in [2.05, 4.69) is 19.2 Å². The highest BCUT2D eigenvalue weighted by atomic mass is 14.9. The molecule has 1 aliphatic heterocycles. The minimum absolute atomic E-state index is 0.849. The molecule has 1 nitrogen and oxygen atoms in total. The van der Waals surface area contributed by atoms with Gasteiger partial charge in [-0.05, 0) is 38.1 Å². The van der Waals surface area contributed by atoms with Crippen LogP contribution < -0.4 is 5.32 Å². The van der Waals surface area contributed by atoms with E-state index < -0.39 is 0 Å². The Morgan fingerprint density at radius 1 is 1.50 bits per heavy atom. The summed E-state index contributed by atoms with van der Waals surface area (Å²) in [5, 5.41) is 3.51. The minimum Gasteiger partial charge on any atom is -0.314 e. The van der Waals surface area contributed by atoms with Gasteiger partial charge in [-0.15, -0.1) is 0 Å². The average molecular weight is 141 g/mol. The zero-order valence-electron chi connectivity index (χ0n) is 7.19. The van der Waals surface area contributed by atoms with E-state index in [-0.39, 0.29) is 0 Å². The molecule has 1 saturated heterocycles. The summed E-state index contributed by atoms with van der Waals surface area (Å²) in [7, 11) is 0. The first kappa shape index (κ1) is 8.06. The summed E-state index contributed by atoms with van der Waals surface area (Å²) in [5.74, 6) is 0.877. The van der Waals surface area contributed by atoms with Crippen LogP contribution in [0.1, 0.15) is 39.5 Å². The number of hydrogen-bond donors (Lipinski definition) is 1. The van der Waals surface area contributed by atoms with Crippen LogP contribution in [0.3, 0.4) is 0 Å². The normalized spacial score (nSPS) is 26.1. The molecule has 0 saturated carbocycles.